The Morgan fingerprint density at radius 1 is 1.12 bits per heavy atom. The van der Waals surface area contributed by atoms with Crippen LogP contribution in [-0.2, 0) is 20.7 Å². The highest BCUT2D eigenvalue weighted by molar-refractivity contribution is 5.83. The van der Waals surface area contributed by atoms with E-state index in [1.807, 2.05) is 24.3 Å². The topological polar surface area (TPSA) is 120 Å². The molecule has 0 aliphatic rings. The van der Waals surface area contributed by atoms with Gasteiger partial charge in [0.15, 0.2) is 6.10 Å². The number of ether oxygens (including phenoxy) is 2. The maximum atomic E-state index is 11.9. The number of methoxy groups -OCH3 is 1. The first-order valence-corrected chi connectivity index (χ1v) is 7.55. The van der Waals surface area contributed by atoms with Crippen molar-refractivity contribution in [3.8, 4) is 5.75 Å². The molecule has 1 aromatic carbocycles. The van der Waals surface area contributed by atoms with E-state index in [1.54, 1.807) is 7.11 Å². The molecule has 0 saturated carbocycles. The molecule has 1 aromatic rings. The van der Waals surface area contributed by atoms with E-state index in [2.05, 4.69) is 10.6 Å². The maximum Gasteiger partial charge on any atom is 0.312 e. The third-order valence-corrected chi connectivity index (χ3v) is 3.18. The fourth-order valence-electron chi connectivity index (χ4n) is 1.86. The molecule has 0 aliphatic carbocycles. The second-order valence-electron chi connectivity index (χ2n) is 5.06. The zero-order valence-corrected chi connectivity index (χ0v) is 13.8. The maximum absolute atomic E-state index is 11.9. The highest BCUT2D eigenvalue weighted by Crippen LogP contribution is 2.11. The van der Waals surface area contributed by atoms with Crippen molar-refractivity contribution >= 4 is 17.9 Å². The quantitative estimate of drug-likeness (QED) is 0.561. The van der Waals surface area contributed by atoms with Crippen molar-refractivity contribution in [3.63, 3.8) is 0 Å². The van der Waals surface area contributed by atoms with E-state index < -0.39 is 18.1 Å². The van der Waals surface area contributed by atoms with Crippen molar-refractivity contribution in [2.75, 3.05) is 20.2 Å². The minimum atomic E-state index is -0.901. The van der Waals surface area contributed by atoms with Crippen molar-refractivity contribution in [3.05, 3.63) is 29.8 Å². The Labute approximate surface area is 140 Å². The molecule has 0 spiro atoms. The average Bonchev–Trinajstić information content (AvgIpc) is 2.54. The molecule has 1 rings (SSSR count). The molecule has 8 nitrogen and oxygen atoms in total. The minimum Gasteiger partial charge on any atom is -0.497 e. The van der Waals surface area contributed by atoms with Crippen molar-refractivity contribution in [1.82, 2.24) is 10.6 Å². The van der Waals surface area contributed by atoms with E-state index in [9.17, 15) is 14.4 Å². The number of hydrogen-bond acceptors (Lipinski definition) is 5. The Bertz CT molecular complexity index is 559. The fraction of sp³-hybridized carbons (Fsp3) is 0.438. The van der Waals surface area contributed by atoms with Gasteiger partial charge >= 0.3 is 12.0 Å². The van der Waals surface area contributed by atoms with Gasteiger partial charge in [0.1, 0.15) is 5.75 Å². The molecule has 0 saturated heterocycles. The van der Waals surface area contributed by atoms with Crippen LogP contribution < -0.4 is 21.1 Å². The normalized spacial score (nSPS) is 11.2. The van der Waals surface area contributed by atoms with Gasteiger partial charge in [-0.25, -0.2) is 4.79 Å². The summed E-state index contributed by atoms with van der Waals surface area (Å²) in [5, 5.41) is 4.97. The number of primary amides is 1. The molecule has 24 heavy (non-hydrogen) atoms. The number of carbonyl (C=O) groups is 3. The first-order valence-electron chi connectivity index (χ1n) is 7.55. The van der Waals surface area contributed by atoms with Crippen molar-refractivity contribution < 1.29 is 23.9 Å². The van der Waals surface area contributed by atoms with E-state index >= 15 is 0 Å². The molecule has 8 heteroatoms. The smallest absolute Gasteiger partial charge is 0.312 e. The van der Waals surface area contributed by atoms with Gasteiger partial charge < -0.3 is 25.8 Å². The molecule has 0 bridgehead atoms. The Morgan fingerprint density at radius 3 is 2.38 bits per heavy atom. The molecule has 0 aliphatic heterocycles. The van der Waals surface area contributed by atoms with E-state index in [4.69, 9.17) is 15.2 Å². The number of urea groups is 1. The fourth-order valence-corrected chi connectivity index (χ4v) is 1.86. The summed E-state index contributed by atoms with van der Waals surface area (Å²) in [6.45, 7) is 1.98. The molecule has 1 atom stereocenters. The molecule has 0 unspecified atom stereocenters. The Balaban J connectivity index is 2.25. The number of esters is 1. The van der Waals surface area contributed by atoms with Crippen molar-refractivity contribution in [2.24, 2.45) is 5.73 Å². The second-order valence-corrected chi connectivity index (χ2v) is 5.06. The lowest BCUT2D eigenvalue weighted by atomic mass is 10.1. The standard InChI is InChI=1S/C16H23N3O5/c1-11(24-14(20)8-10-19-16(17)22)15(21)18-9-7-12-3-5-13(23-2)6-4-12/h3-6,11H,7-10H2,1-2H3,(H,18,21)(H3,17,19,22)/t11-/m0/s1. The van der Waals surface area contributed by atoms with Crippen LogP contribution in [0.15, 0.2) is 24.3 Å². The van der Waals surface area contributed by atoms with Crippen LogP contribution in [0.5, 0.6) is 5.75 Å². The molecule has 0 radical (unpaired) electrons. The first-order chi connectivity index (χ1) is 11.4. The third-order valence-electron chi connectivity index (χ3n) is 3.18. The Morgan fingerprint density at radius 2 is 1.79 bits per heavy atom. The zero-order chi connectivity index (χ0) is 17.9. The van der Waals surface area contributed by atoms with Crippen LogP contribution in [-0.4, -0.2) is 44.2 Å². The largest absolute Gasteiger partial charge is 0.497 e. The Kier molecular flexibility index (Phi) is 8.10. The van der Waals surface area contributed by atoms with Crippen LogP contribution in [0.2, 0.25) is 0 Å². The van der Waals surface area contributed by atoms with Gasteiger partial charge in [-0.05, 0) is 31.0 Å². The zero-order valence-electron chi connectivity index (χ0n) is 13.8. The van der Waals surface area contributed by atoms with Gasteiger partial charge in [0.05, 0.1) is 13.5 Å². The van der Waals surface area contributed by atoms with Gasteiger partial charge in [0.25, 0.3) is 5.91 Å². The lowest BCUT2D eigenvalue weighted by Crippen LogP contribution is -2.37. The summed E-state index contributed by atoms with van der Waals surface area (Å²) in [4.78, 5) is 33.8. The number of nitrogens with one attached hydrogen (secondary N) is 2. The van der Waals surface area contributed by atoms with E-state index in [0.717, 1.165) is 11.3 Å². The Hall–Kier alpha value is -2.77. The number of amides is 3. The van der Waals surface area contributed by atoms with E-state index in [1.165, 1.54) is 6.92 Å². The minimum absolute atomic E-state index is 0.0492. The molecule has 4 N–H and O–H groups in total. The first kappa shape index (κ1) is 19.3. The molecule has 3 amide bonds. The average molecular weight is 337 g/mol. The molecule has 0 fully saturated rings. The number of nitrogens with two attached hydrogens (primary N) is 1. The van der Waals surface area contributed by atoms with E-state index in [0.29, 0.717) is 13.0 Å². The summed E-state index contributed by atoms with van der Waals surface area (Å²) in [5.41, 5.74) is 5.93. The van der Waals surface area contributed by atoms with Crippen LogP contribution in [0.1, 0.15) is 18.9 Å². The molecule has 0 heterocycles. The van der Waals surface area contributed by atoms with Gasteiger partial charge in [-0.3, -0.25) is 9.59 Å². The summed E-state index contributed by atoms with van der Waals surface area (Å²) in [5.74, 6) is -0.185. The highest BCUT2D eigenvalue weighted by Gasteiger charge is 2.17. The summed E-state index contributed by atoms with van der Waals surface area (Å²) in [6, 6.07) is 6.82. The monoisotopic (exact) mass is 337 g/mol. The van der Waals surface area contributed by atoms with Crippen LogP contribution in [0, 0.1) is 0 Å². The van der Waals surface area contributed by atoms with Gasteiger partial charge in [-0.15, -0.1) is 0 Å². The summed E-state index contributed by atoms with van der Waals surface area (Å²) >= 11 is 0. The SMILES string of the molecule is COc1ccc(CCNC(=O)[C@H](C)OC(=O)CCNC(N)=O)cc1. The van der Waals surface area contributed by atoms with Gasteiger partial charge in [-0.2, -0.15) is 0 Å². The van der Waals surface area contributed by atoms with Gasteiger partial charge in [0, 0.05) is 13.1 Å². The predicted molar refractivity (Wildman–Crippen MR) is 87.5 cm³/mol. The number of benzene rings is 1. The molecular weight excluding hydrogens is 314 g/mol. The van der Waals surface area contributed by atoms with Crippen LogP contribution in [0.25, 0.3) is 0 Å². The lowest BCUT2D eigenvalue weighted by Gasteiger charge is -2.13. The number of hydrogen-bond donors (Lipinski definition) is 3. The van der Waals surface area contributed by atoms with Gasteiger partial charge in [0.2, 0.25) is 0 Å². The van der Waals surface area contributed by atoms with Crippen molar-refractivity contribution in [1.29, 1.82) is 0 Å². The van der Waals surface area contributed by atoms with Crippen LogP contribution in [0.3, 0.4) is 0 Å². The summed E-state index contributed by atoms with van der Waals surface area (Å²) in [7, 11) is 1.60. The number of rotatable bonds is 9. The second kappa shape index (κ2) is 10.1. The van der Waals surface area contributed by atoms with Gasteiger partial charge in [-0.1, -0.05) is 12.1 Å². The highest BCUT2D eigenvalue weighted by atomic mass is 16.5. The van der Waals surface area contributed by atoms with Crippen LogP contribution in [0.4, 0.5) is 4.79 Å². The lowest BCUT2D eigenvalue weighted by molar-refractivity contribution is -0.154. The molecule has 132 valence electrons. The predicted octanol–water partition coefficient (Wildman–Crippen LogP) is 0.344. The summed E-state index contributed by atoms with van der Waals surface area (Å²) < 4.78 is 10.0. The van der Waals surface area contributed by atoms with Crippen molar-refractivity contribution in [2.45, 2.75) is 25.9 Å². The van der Waals surface area contributed by atoms with Crippen LogP contribution >= 0.6 is 0 Å². The van der Waals surface area contributed by atoms with E-state index in [-0.39, 0.29) is 18.9 Å². The third kappa shape index (κ3) is 7.48. The number of carbonyl (C=O) groups excluding carboxylic acids is 3. The summed E-state index contributed by atoms with van der Waals surface area (Å²) in [6.07, 6.45) is -0.298. The molecule has 0 aromatic heterocycles. The molecular formula is C16H23N3O5.